The van der Waals surface area contributed by atoms with Gasteiger partial charge in [0.15, 0.2) is 0 Å². The molecular weight excluding hydrogens is 350 g/mol. The van der Waals surface area contributed by atoms with Crippen molar-refractivity contribution >= 4 is 23.3 Å². The van der Waals surface area contributed by atoms with Gasteiger partial charge in [0, 0.05) is 31.3 Å². The number of amides is 1. The summed E-state index contributed by atoms with van der Waals surface area (Å²) in [4.78, 5) is 37.2. The Labute approximate surface area is 157 Å². The fourth-order valence-electron chi connectivity index (χ4n) is 4.08. The van der Waals surface area contributed by atoms with Crippen molar-refractivity contribution in [1.29, 1.82) is 0 Å². The zero-order chi connectivity index (χ0) is 19.4. The first-order valence-corrected chi connectivity index (χ1v) is 9.48. The van der Waals surface area contributed by atoms with Crippen molar-refractivity contribution < 1.29 is 19.6 Å². The van der Waals surface area contributed by atoms with Crippen molar-refractivity contribution in [2.45, 2.75) is 44.9 Å². The summed E-state index contributed by atoms with van der Waals surface area (Å²) >= 11 is 0. The molecule has 1 aromatic carbocycles. The van der Waals surface area contributed by atoms with Gasteiger partial charge in [-0.15, -0.1) is 0 Å². The number of hydrogen-bond donors (Lipinski definition) is 2. The predicted molar refractivity (Wildman–Crippen MR) is 100 cm³/mol. The maximum absolute atomic E-state index is 12.5. The van der Waals surface area contributed by atoms with Crippen LogP contribution in [0.15, 0.2) is 18.2 Å². The first-order chi connectivity index (χ1) is 12.9. The van der Waals surface area contributed by atoms with E-state index in [9.17, 15) is 24.8 Å². The number of benzene rings is 1. The monoisotopic (exact) mass is 375 g/mol. The minimum absolute atomic E-state index is 0.0445. The van der Waals surface area contributed by atoms with Crippen molar-refractivity contribution in [1.82, 2.24) is 5.32 Å². The number of carboxylic acid groups (broad SMARTS) is 1. The van der Waals surface area contributed by atoms with Crippen LogP contribution in [0.25, 0.3) is 0 Å². The van der Waals surface area contributed by atoms with E-state index >= 15 is 0 Å². The molecule has 8 nitrogen and oxygen atoms in total. The highest BCUT2D eigenvalue weighted by molar-refractivity contribution is 5.96. The summed E-state index contributed by atoms with van der Waals surface area (Å²) in [5, 5.41) is 23.8. The second-order valence-corrected chi connectivity index (χ2v) is 7.48. The summed E-state index contributed by atoms with van der Waals surface area (Å²) in [6, 6.07) is 4.48. The summed E-state index contributed by atoms with van der Waals surface area (Å²) in [5.74, 6) is -1.37. The van der Waals surface area contributed by atoms with Gasteiger partial charge in [-0.25, -0.2) is 0 Å². The highest BCUT2D eigenvalue weighted by Crippen LogP contribution is 2.36. The highest BCUT2D eigenvalue weighted by Gasteiger charge is 2.40. The number of carbonyl (C=O) groups excluding carboxylic acids is 1. The number of carbonyl (C=O) groups is 2. The summed E-state index contributed by atoms with van der Waals surface area (Å²) < 4.78 is 0. The van der Waals surface area contributed by atoms with E-state index < -0.39 is 22.2 Å². The molecule has 0 bridgehead atoms. The highest BCUT2D eigenvalue weighted by atomic mass is 16.6. The van der Waals surface area contributed by atoms with Crippen LogP contribution in [0.1, 0.15) is 55.3 Å². The van der Waals surface area contributed by atoms with Crippen LogP contribution in [-0.4, -0.2) is 41.5 Å². The number of anilines is 1. The topological polar surface area (TPSA) is 113 Å². The van der Waals surface area contributed by atoms with Gasteiger partial charge in [0.25, 0.3) is 11.6 Å². The number of carboxylic acids is 1. The van der Waals surface area contributed by atoms with Crippen molar-refractivity contribution in [3.8, 4) is 0 Å². The van der Waals surface area contributed by atoms with E-state index in [4.69, 9.17) is 0 Å². The standard InChI is InChI=1S/C19H25N3O5/c23-17(20-13-19(18(24)25)8-2-1-3-9-19)14-6-7-15(16(12-14)22(26)27)21-10-4-5-11-21/h6-7,12H,1-5,8-11,13H2,(H,20,23)(H,24,25). The average molecular weight is 375 g/mol. The molecule has 1 saturated heterocycles. The molecule has 8 heteroatoms. The molecule has 1 amide bonds. The van der Waals surface area contributed by atoms with Gasteiger partial charge in [0.05, 0.1) is 10.3 Å². The molecule has 2 aliphatic rings. The van der Waals surface area contributed by atoms with E-state index in [-0.39, 0.29) is 17.8 Å². The molecule has 1 aliphatic heterocycles. The number of nitrogens with one attached hydrogen (secondary N) is 1. The number of nitro groups is 1. The third kappa shape index (κ3) is 4.04. The largest absolute Gasteiger partial charge is 0.481 e. The Morgan fingerprint density at radius 2 is 1.81 bits per heavy atom. The van der Waals surface area contributed by atoms with Crippen molar-refractivity contribution in [2.24, 2.45) is 5.41 Å². The lowest BCUT2D eigenvalue weighted by molar-refractivity contribution is -0.384. The molecule has 146 valence electrons. The van der Waals surface area contributed by atoms with Gasteiger partial charge in [-0.05, 0) is 37.8 Å². The fraction of sp³-hybridized carbons (Fsp3) is 0.579. The predicted octanol–water partition coefficient (Wildman–Crippen LogP) is 2.96. The summed E-state index contributed by atoms with van der Waals surface area (Å²) in [5.41, 5.74) is -0.311. The molecule has 0 atom stereocenters. The molecule has 0 unspecified atom stereocenters. The van der Waals surface area contributed by atoms with Gasteiger partial charge in [-0.3, -0.25) is 19.7 Å². The second-order valence-electron chi connectivity index (χ2n) is 7.48. The Balaban J connectivity index is 1.75. The third-order valence-corrected chi connectivity index (χ3v) is 5.73. The van der Waals surface area contributed by atoms with Gasteiger partial charge < -0.3 is 15.3 Å². The molecule has 1 aliphatic carbocycles. The second kappa shape index (κ2) is 7.94. The first-order valence-electron chi connectivity index (χ1n) is 9.48. The smallest absolute Gasteiger partial charge is 0.311 e. The van der Waals surface area contributed by atoms with E-state index in [0.29, 0.717) is 18.5 Å². The molecule has 3 rings (SSSR count). The number of nitrogens with zero attached hydrogens (tertiary/aromatic N) is 2. The van der Waals surface area contributed by atoms with Crippen LogP contribution >= 0.6 is 0 Å². The Kier molecular flexibility index (Phi) is 5.62. The van der Waals surface area contributed by atoms with Crippen molar-refractivity contribution in [3.63, 3.8) is 0 Å². The van der Waals surface area contributed by atoms with Gasteiger partial charge in [0.1, 0.15) is 5.69 Å². The van der Waals surface area contributed by atoms with E-state index in [1.165, 1.54) is 6.07 Å². The number of nitro benzene ring substituents is 1. The molecule has 0 radical (unpaired) electrons. The van der Waals surface area contributed by atoms with Gasteiger partial charge >= 0.3 is 5.97 Å². The Morgan fingerprint density at radius 1 is 1.15 bits per heavy atom. The van der Waals surface area contributed by atoms with Crippen LogP contribution in [0.4, 0.5) is 11.4 Å². The Hall–Kier alpha value is -2.64. The Morgan fingerprint density at radius 3 is 2.41 bits per heavy atom. The van der Waals surface area contributed by atoms with Crippen molar-refractivity contribution in [2.75, 3.05) is 24.5 Å². The minimum atomic E-state index is -0.935. The number of rotatable bonds is 6. The molecular formula is C19H25N3O5. The molecule has 2 fully saturated rings. The molecule has 1 saturated carbocycles. The molecule has 0 spiro atoms. The van der Waals surface area contributed by atoms with E-state index in [0.717, 1.165) is 45.2 Å². The fourth-order valence-corrected chi connectivity index (χ4v) is 4.08. The first kappa shape index (κ1) is 19.1. The normalized spacial score (nSPS) is 18.9. The number of aliphatic carboxylic acids is 1. The van der Waals surface area contributed by atoms with Crippen molar-refractivity contribution in [3.05, 3.63) is 33.9 Å². The maximum Gasteiger partial charge on any atom is 0.311 e. The zero-order valence-electron chi connectivity index (χ0n) is 15.3. The third-order valence-electron chi connectivity index (χ3n) is 5.73. The molecule has 1 heterocycles. The molecule has 1 aromatic rings. The number of hydrogen-bond acceptors (Lipinski definition) is 5. The quantitative estimate of drug-likeness (QED) is 0.584. The Bertz CT molecular complexity index is 737. The van der Waals surface area contributed by atoms with Crippen LogP contribution in [0.2, 0.25) is 0 Å². The molecule has 0 aromatic heterocycles. The van der Waals surface area contributed by atoms with E-state index in [1.807, 2.05) is 4.90 Å². The summed E-state index contributed by atoms with van der Waals surface area (Å²) in [6.07, 6.45) is 5.74. The molecule has 2 N–H and O–H groups in total. The van der Waals surface area contributed by atoms with Crippen LogP contribution < -0.4 is 10.2 Å². The SMILES string of the molecule is O=C(NCC1(C(=O)O)CCCCC1)c1ccc(N2CCCC2)c([N+](=O)[O-])c1. The lowest BCUT2D eigenvalue weighted by atomic mass is 9.74. The van der Waals surface area contributed by atoms with E-state index in [1.54, 1.807) is 12.1 Å². The van der Waals surface area contributed by atoms with Gasteiger partial charge in [-0.2, -0.15) is 0 Å². The van der Waals surface area contributed by atoms with E-state index in [2.05, 4.69) is 5.32 Å². The lowest BCUT2D eigenvalue weighted by Crippen LogP contribution is -2.44. The minimum Gasteiger partial charge on any atom is -0.481 e. The van der Waals surface area contributed by atoms with Gasteiger partial charge in [0.2, 0.25) is 0 Å². The van der Waals surface area contributed by atoms with Crippen LogP contribution in [0.3, 0.4) is 0 Å². The average Bonchev–Trinajstić information content (AvgIpc) is 3.20. The maximum atomic E-state index is 12.5. The summed E-state index contributed by atoms with van der Waals surface area (Å²) in [6.45, 7) is 1.59. The van der Waals surface area contributed by atoms with Crippen LogP contribution in [0.5, 0.6) is 0 Å². The zero-order valence-corrected chi connectivity index (χ0v) is 15.3. The summed E-state index contributed by atoms with van der Waals surface area (Å²) in [7, 11) is 0. The van der Waals surface area contributed by atoms with Crippen LogP contribution in [-0.2, 0) is 4.79 Å². The molecule has 27 heavy (non-hydrogen) atoms. The van der Waals surface area contributed by atoms with Crippen LogP contribution in [0, 0.1) is 15.5 Å². The lowest BCUT2D eigenvalue weighted by Gasteiger charge is -2.33. The van der Waals surface area contributed by atoms with Gasteiger partial charge in [-0.1, -0.05) is 19.3 Å².